The summed E-state index contributed by atoms with van der Waals surface area (Å²) in [7, 11) is 0. The molecule has 1 heterocycles. The molecule has 0 saturated carbocycles. The summed E-state index contributed by atoms with van der Waals surface area (Å²) in [5.74, 6) is 0.708. The van der Waals surface area contributed by atoms with Gasteiger partial charge in [0.05, 0.1) is 11.4 Å². The van der Waals surface area contributed by atoms with Gasteiger partial charge in [-0.25, -0.2) is 9.97 Å². The molecule has 57 heavy (non-hydrogen) atoms. The van der Waals surface area contributed by atoms with E-state index >= 15 is 0 Å². The van der Waals surface area contributed by atoms with Crippen LogP contribution in [0.1, 0.15) is 25.0 Å². The van der Waals surface area contributed by atoms with Crippen molar-refractivity contribution in [2.75, 3.05) is 0 Å². The number of nitrogens with zero attached hydrogens (tertiary/aromatic N) is 2. The first-order valence-electron chi connectivity index (χ1n) is 19.7. The van der Waals surface area contributed by atoms with E-state index in [1.807, 2.05) is 0 Å². The molecule has 10 aromatic rings. The number of hydrogen-bond donors (Lipinski definition) is 0. The van der Waals surface area contributed by atoms with Crippen molar-refractivity contribution in [3.05, 3.63) is 205 Å². The smallest absolute Gasteiger partial charge is 0.161 e. The summed E-state index contributed by atoms with van der Waals surface area (Å²) >= 11 is 0. The zero-order valence-corrected chi connectivity index (χ0v) is 31.9. The molecule has 11 rings (SSSR count). The fraction of sp³-hybridized carbons (Fsp3) is 0.0545. The average Bonchev–Trinajstić information content (AvgIpc) is 3.50. The molecule has 0 bridgehead atoms. The van der Waals surface area contributed by atoms with Gasteiger partial charge >= 0.3 is 0 Å². The van der Waals surface area contributed by atoms with Gasteiger partial charge in [0.15, 0.2) is 5.82 Å². The summed E-state index contributed by atoms with van der Waals surface area (Å²) in [4.78, 5) is 10.7. The van der Waals surface area contributed by atoms with E-state index in [1.165, 1.54) is 60.3 Å². The Labute approximate surface area is 332 Å². The maximum absolute atomic E-state index is 5.42. The maximum atomic E-state index is 5.42. The standard InChI is InChI=1S/C55H38N2/c1-55(2)50-33-39-20-9-8-19-38(39)32-49(50)47-26-14-25-46(53(47)55)44-29-30-48(43-23-12-11-22-42(43)44)54-56-51(36-16-4-3-5-17-36)34-52(57-54)45-24-13-10-21-41(45)40-28-27-35-15-6-7-18-37(35)31-40/h3-34H,1-2H3. The topological polar surface area (TPSA) is 25.8 Å². The van der Waals surface area contributed by atoms with Crippen molar-refractivity contribution in [1.82, 2.24) is 9.97 Å². The minimum atomic E-state index is -0.175. The van der Waals surface area contributed by atoms with Crippen molar-refractivity contribution in [1.29, 1.82) is 0 Å². The highest BCUT2D eigenvalue weighted by Crippen LogP contribution is 2.54. The van der Waals surface area contributed by atoms with Gasteiger partial charge in [-0.2, -0.15) is 0 Å². The van der Waals surface area contributed by atoms with Crippen LogP contribution >= 0.6 is 0 Å². The normalized spacial score (nSPS) is 12.9. The zero-order chi connectivity index (χ0) is 38.1. The van der Waals surface area contributed by atoms with Gasteiger partial charge in [-0.1, -0.05) is 178 Å². The Morgan fingerprint density at radius 2 is 0.895 bits per heavy atom. The second-order valence-corrected chi connectivity index (χ2v) is 15.7. The van der Waals surface area contributed by atoms with Gasteiger partial charge in [-0.3, -0.25) is 0 Å². The van der Waals surface area contributed by atoms with Crippen LogP contribution in [-0.4, -0.2) is 9.97 Å². The molecule has 0 radical (unpaired) electrons. The largest absolute Gasteiger partial charge is 0.228 e. The number of hydrogen-bond acceptors (Lipinski definition) is 2. The lowest BCUT2D eigenvalue weighted by molar-refractivity contribution is 0.663. The average molecular weight is 727 g/mol. The van der Waals surface area contributed by atoms with Crippen molar-refractivity contribution in [2.24, 2.45) is 0 Å². The van der Waals surface area contributed by atoms with Crippen molar-refractivity contribution < 1.29 is 0 Å². The molecule has 2 nitrogen and oxygen atoms in total. The molecule has 0 amide bonds. The molecular weight excluding hydrogens is 689 g/mol. The van der Waals surface area contributed by atoms with Gasteiger partial charge in [0.1, 0.15) is 0 Å². The molecule has 0 saturated heterocycles. The minimum absolute atomic E-state index is 0.175. The molecule has 0 spiro atoms. The number of rotatable bonds is 5. The SMILES string of the molecule is CC1(C)c2cc3ccccc3cc2-c2cccc(-c3ccc(-c4nc(-c5ccccc5)cc(-c5ccccc5-c5ccc6ccccc6c5)n4)c4ccccc34)c21. The van der Waals surface area contributed by atoms with E-state index in [9.17, 15) is 0 Å². The molecule has 9 aromatic carbocycles. The second-order valence-electron chi connectivity index (χ2n) is 15.7. The highest BCUT2D eigenvalue weighted by Gasteiger charge is 2.38. The lowest BCUT2D eigenvalue weighted by Gasteiger charge is -2.25. The Morgan fingerprint density at radius 3 is 1.67 bits per heavy atom. The Balaban J connectivity index is 1.10. The summed E-state index contributed by atoms with van der Waals surface area (Å²) < 4.78 is 0. The van der Waals surface area contributed by atoms with Crippen molar-refractivity contribution in [3.63, 3.8) is 0 Å². The second kappa shape index (κ2) is 13.0. The monoisotopic (exact) mass is 726 g/mol. The summed E-state index contributed by atoms with van der Waals surface area (Å²) in [5.41, 5.74) is 15.0. The van der Waals surface area contributed by atoms with Gasteiger partial charge < -0.3 is 0 Å². The summed E-state index contributed by atoms with van der Waals surface area (Å²) in [6.45, 7) is 4.76. The summed E-state index contributed by atoms with van der Waals surface area (Å²) in [6.07, 6.45) is 0. The van der Waals surface area contributed by atoms with Crippen LogP contribution in [0.4, 0.5) is 0 Å². The van der Waals surface area contributed by atoms with Gasteiger partial charge in [0, 0.05) is 22.1 Å². The van der Waals surface area contributed by atoms with E-state index < -0.39 is 0 Å². The highest BCUT2D eigenvalue weighted by atomic mass is 14.9. The van der Waals surface area contributed by atoms with Crippen LogP contribution in [0.3, 0.4) is 0 Å². The third-order valence-corrected chi connectivity index (χ3v) is 12.1. The molecule has 1 aromatic heterocycles. The molecule has 268 valence electrons. The van der Waals surface area contributed by atoms with Crippen molar-refractivity contribution in [3.8, 4) is 67.3 Å². The van der Waals surface area contributed by atoms with Gasteiger partial charge in [-0.05, 0) is 107 Å². The molecule has 0 fully saturated rings. The van der Waals surface area contributed by atoms with E-state index in [4.69, 9.17) is 9.97 Å². The predicted octanol–water partition coefficient (Wildman–Crippen LogP) is 14.6. The van der Waals surface area contributed by atoms with Crippen molar-refractivity contribution >= 4 is 32.3 Å². The molecule has 0 atom stereocenters. The first kappa shape index (κ1) is 33.2. The first-order chi connectivity index (χ1) is 28.0. The van der Waals surface area contributed by atoms with Crippen LogP contribution in [0.2, 0.25) is 0 Å². The molecule has 0 N–H and O–H groups in total. The molecular formula is C55H38N2. The van der Waals surface area contributed by atoms with Crippen LogP contribution in [-0.2, 0) is 5.41 Å². The van der Waals surface area contributed by atoms with Gasteiger partial charge in [0.25, 0.3) is 0 Å². The number of fused-ring (bicyclic) bond motifs is 6. The summed E-state index contributed by atoms with van der Waals surface area (Å²) in [5, 5.41) is 7.32. The third-order valence-electron chi connectivity index (χ3n) is 12.1. The van der Waals surface area contributed by atoms with Crippen LogP contribution in [0, 0.1) is 0 Å². The van der Waals surface area contributed by atoms with Crippen LogP contribution in [0.15, 0.2) is 194 Å². The third kappa shape index (κ3) is 5.40. The van der Waals surface area contributed by atoms with Gasteiger partial charge in [0.2, 0.25) is 0 Å². The lowest BCUT2D eigenvalue weighted by atomic mass is 9.78. The van der Waals surface area contributed by atoms with Crippen molar-refractivity contribution in [2.45, 2.75) is 19.3 Å². The fourth-order valence-corrected chi connectivity index (χ4v) is 9.30. The van der Waals surface area contributed by atoms with E-state index in [1.54, 1.807) is 0 Å². The quantitative estimate of drug-likeness (QED) is 0.176. The fourth-order valence-electron chi connectivity index (χ4n) is 9.30. The molecule has 1 aliphatic carbocycles. The molecule has 0 unspecified atom stereocenters. The zero-order valence-electron chi connectivity index (χ0n) is 31.9. The van der Waals surface area contributed by atoms with E-state index in [-0.39, 0.29) is 5.41 Å². The van der Waals surface area contributed by atoms with E-state index in [2.05, 4.69) is 208 Å². The van der Waals surface area contributed by atoms with Crippen LogP contribution in [0.5, 0.6) is 0 Å². The lowest BCUT2D eigenvalue weighted by Crippen LogP contribution is -2.16. The number of aromatic nitrogens is 2. The Hall–Kier alpha value is -7.16. The van der Waals surface area contributed by atoms with E-state index in [0.29, 0.717) is 5.82 Å². The Bertz CT molecular complexity index is 3210. The molecule has 2 heteroatoms. The Kier molecular flexibility index (Phi) is 7.55. The van der Waals surface area contributed by atoms with Crippen LogP contribution in [0.25, 0.3) is 99.6 Å². The maximum Gasteiger partial charge on any atom is 0.161 e. The summed E-state index contributed by atoms with van der Waals surface area (Å²) in [6, 6.07) is 70.1. The first-order valence-corrected chi connectivity index (χ1v) is 19.7. The minimum Gasteiger partial charge on any atom is -0.228 e. The highest BCUT2D eigenvalue weighted by molar-refractivity contribution is 6.06. The molecule has 0 aliphatic heterocycles. The van der Waals surface area contributed by atoms with Gasteiger partial charge in [-0.15, -0.1) is 0 Å². The van der Waals surface area contributed by atoms with E-state index in [0.717, 1.165) is 44.6 Å². The Morgan fingerprint density at radius 1 is 0.333 bits per heavy atom. The predicted molar refractivity (Wildman–Crippen MR) is 239 cm³/mol. The molecule has 1 aliphatic rings. The van der Waals surface area contributed by atoms with Crippen LogP contribution < -0.4 is 0 Å². The number of benzene rings is 9.